The van der Waals surface area contributed by atoms with Gasteiger partial charge < -0.3 is 15.2 Å². The molecule has 0 saturated heterocycles. The van der Waals surface area contributed by atoms with Crippen molar-refractivity contribution in [2.24, 2.45) is 11.8 Å². The molecule has 2 unspecified atom stereocenters. The van der Waals surface area contributed by atoms with E-state index in [0.29, 0.717) is 48.1 Å². The molecule has 0 aliphatic heterocycles. The average molecular weight is 577 g/mol. The first-order valence-electron chi connectivity index (χ1n) is 14.9. The number of nitrogens with one attached hydrogen (secondary N) is 1. The Morgan fingerprint density at radius 3 is 2.76 bits per heavy atom. The summed E-state index contributed by atoms with van der Waals surface area (Å²) in [6, 6.07) is 17.8. The van der Waals surface area contributed by atoms with Gasteiger partial charge in [-0.2, -0.15) is 0 Å². The second-order valence-corrected chi connectivity index (χ2v) is 12.9. The van der Waals surface area contributed by atoms with Crippen LogP contribution < -0.4 is 10.1 Å². The van der Waals surface area contributed by atoms with Crippen molar-refractivity contribution in [3.05, 3.63) is 88.2 Å². The van der Waals surface area contributed by atoms with Crippen molar-refractivity contribution < 1.29 is 19.0 Å². The maximum Gasteiger partial charge on any atom is 0.329 e. The van der Waals surface area contributed by atoms with E-state index in [9.17, 15) is 14.3 Å². The lowest BCUT2D eigenvalue weighted by Crippen LogP contribution is -2.53. The summed E-state index contributed by atoms with van der Waals surface area (Å²) in [4.78, 5) is 17.1. The molecule has 6 rings (SSSR count). The van der Waals surface area contributed by atoms with E-state index < -0.39 is 17.7 Å². The molecule has 216 valence electrons. The van der Waals surface area contributed by atoms with Crippen LogP contribution in [0, 0.1) is 11.8 Å². The monoisotopic (exact) mass is 576 g/mol. The fraction of sp³-hybridized carbons (Fsp3) is 0.471. The summed E-state index contributed by atoms with van der Waals surface area (Å²) in [5.74, 6) is 0.461. The third kappa shape index (κ3) is 5.31. The van der Waals surface area contributed by atoms with Gasteiger partial charge in [0, 0.05) is 22.5 Å². The van der Waals surface area contributed by atoms with Crippen LogP contribution in [0.25, 0.3) is 0 Å². The number of carboxylic acid groups (broad SMARTS) is 1. The Bertz CT molecular complexity index is 1420. The van der Waals surface area contributed by atoms with Gasteiger partial charge >= 0.3 is 5.97 Å². The van der Waals surface area contributed by atoms with Crippen LogP contribution in [-0.2, 0) is 23.1 Å². The predicted molar refractivity (Wildman–Crippen MR) is 160 cm³/mol. The minimum absolute atomic E-state index is 0.0698. The zero-order valence-corrected chi connectivity index (χ0v) is 24.3. The molecule has 41 heavy (non-hydrogen) atoms. The van der Waals surface area contributed by atoms with Crippen LogP contribution in [0.1, 0.15) is 80.4 Å². The highest BCUT2D eigenvalue weighted by molar-refractivity contribution is 6.30. The van der Waals surface area contributed by atoms with Crippen LogP contribution in [0.3, 0.4) is 0 Å². The quantitative estimate of drug-likeness (QED) is 0.283. The van der Waals surface area contributed by atoms with Gasteiger partial charge in [-0.3, -0.25) is 4.98 Å². The number of aryl methyl sites for hydroxylation is 1. The molecule has 1 saturated carbocycles. The summed E-state index contributed by atoms with van der Waals surface area (Å²) in [6.07, 6.45) is 7.47. The van der Waals surface area contributed by atoms with Crippen LogP contribution in [0.15, 0.2) is 60.8 Å². The lowest BCUT2D eigenvalue weighted by Gasteiger charge is -2.47. The SMILES string of the molecule is C[C@@H](COc1ccnc2c1C(F)CCC2)CC1Cc2ccccc2C12CCC(Nc1cccc(Cl)c1)(C(=O)O)CC2. The Morgan fingerprint density at radius 2 is 1.98 bits per heavy atom. The molecule has 0 radical (unpaired) electrons. The number of benzene rings is 2. The molecule has 3 aliphatic rings. The van der Waals surface area contributed by atoms with E-state index >= 15 is 0 Å². The Kier molecular flexibility index (Phi) is 7.71. The number of pyridine rings is 1. The van der Waals surface area contributed by atoms with Gasteiger partial charge in [-0.1, -0.05) is 48.9 Å². The Morgan fingerprint density at radius 1 is 1.17 bits per heavy atom. The number of rotatable bonds is 8. The third-order valence-electron chi connectivity index (χ3n) is 9.84. The molecule has 0 bridgehead atoms. The molecule has 0 amide bonds. The van der Waals surface area contributed by atoms with Gasteiger partial charge in [0.25, 0.3) is 0 Å². The molecule has 5 nitrogen and oxygen atoms in total. The van der Waals surface area contributed by atoms with E-state index in [1.807, 2.05) is 12.1 Å². The highest BCUT2D eigenvalue weighted by atomic mass is 35.5. The van der Waals surface area contributed by atoms with Crippen LogP contribution in [-0.4, -0.2) is 28.2 Å². The lowest BCUT2D eigenvalue weighted by atomic mass is 9.59. The van der Waals surface area contributed by atoms with Crippen LogP contribution in [0.4, 0.5) is 10.1 Å². The average Bonchev–Trinajstić information content (AvgIpc) is 3.25. The molecule has 2 aromatic carbocycles. The highest BCUT2D eigenvalue weighted by Gasteiger charge is 2.54. The Balaban J connectivity index is 1.19. The summed E-state index contributed by atoms with van der Waals surface area (Å²) >= 11 is 6.20. The summed E-state index contributed by atoms with van der Waals surface area (Å²) in [5, 5.41) is 14.3. The smallest absolute Gasteiger partial charge is 0.329 e. The van der Waals surface area contributed by atoms with E-state index in [-0.39, 0.29) is 11.3 Å². The van der Waals surface area contributed by atoms with Gasteiger partial charge in [0.1, 0.15) is 17.5 Å². The van der Waals surface area contributed by atoms with Gasteiger partial charge in [0.15, 0.2) is 0 Å². The fourth-order valence-electron chi connectivity index (χ4n) is 7.74. The first-order valence-corrected chi connectivity index (χ1v) is 15.3. The topological polar surface area (TPSA) is 71.5 Å². The van der Waals surface area contributed by atoms with E-state index in [0.717, 1.165) is 49.9 Å². The summed E-state index contributed by atoms with van der Waals surface area (Å²) in [7, 11) is 0. The number of aliphatic carboxylic acids is 1. The number of alkyl halides is 1. The Hall–Kier alpha value is -3.12. The van der Waals surface area contributed by atoms with Crippen molar-refractivity contribution in [1.29, 1.82) is 0 Å². The van der Waals surface area contributed by atoms with Gasteiger partial charge in [-0.05, 0) is 110 Å². The highest BCUT2D eigenvalue weighted by Crippen LogP contribution is 2.56. The molecular formula is C34H38ClFN2O3. The first-order chi connectivity index (χ1) is 19.8. The molecule has 3 aromatic rings. The number of carbonyl (C=O) groups is 1. The zero-order valence-electron chi connectivity index (χ0n) is 23.5. The number of fused-ring (bicyclic) bond motifs is 3. The summed E-state index contributed by atoms with van der Waals surface area (Å²) in [5.41, 5.74) is 3.85. The van der Waals surface area contributed by atoms with Crippen LogP contribution in [0.5, 0.6) is 5.75 Å². The largest absolute Gasteiger partial charge is 0.493 e. The van der Waals surface area contributed by atoms with Crippen LogP contribution in [0.2, 0.25) is 5.02 Å². The number of anilines is 1. The van der Waals surface area contributed by atoms with Crippen molar-refractivity contribution in [2.45, 2.75) is 81.8 Å². The van der Waals surface area contributed by atoms with E-state index in [4.69, 9.17) is 16.3 Å². The first kappa shape index (κ1) is 28.0. The van der Waals surface area contributed by atoms with Gasteiger partial charge in [-0.15, -0.1) is 0 Å². The van der Waals surface area contributed by atoms with Crippen LogP contribution >= 0.6 is 11.6 Å². The molecule has 1 heterocycles. The fourth-order valence-corrected chi connectivity index (χ4v) is 7.93. The lowest BCUT2D eigenvalue weighted by molar-refractivity contribution is -0.144. The molecule has 3 aliphatic carbocycles. The van der Waals surface area contributed by atoms with Gasteiger partial charge in [-0.25, -0.2) is 9.18 Å². The van der Waals surface area contributed by atoms with Crippen molar-refractivity contribution in [1.82, 2.24) is 4.98 Å². The molecule has 7 heteroatoms. The standard InChI is InChI=1S/C34H38ClFN2O3/c1-22(21-41-30-12-17-37-29-11-5-10-28(36)31(29)30)18-24-19-23-6-2-3-9-27(23)33(24)13-15-34(16-14-33,32(39)40)38-26-8-4-7-25(35)20-26/h2-4,6-9,12,17,20,22,24,28,38H,5,10-11,13-16,18-19,21H2,1H3,(H,39,40)/t22-,24?,28?,33?,34?/m1/s1. The Labute approximate surface area is 246 Å². The molecule has 2 N–H and O–H groups in total. The number of carboxylic acids is 1. The second kappa shape index (κ2) is 11.3. The number of halogens is 2. The van der Waals surface area contributed by atoms with Crippen molar-refractivity contribution in [3.63, 3.8) is 0 Å². The molecule has 1 fully saturated rings. The van der Waals surface area contributed by atoms with Crippen molar-refractivity contribution in [3.8, 4) is 5.75 Å². The summed E-state index contributed by atoms with van der Waals surface area (Å²) in [6.45, 7) is 2.73. The zero-order chi connectivity index (χ0) is 28.6. The van der Waals surface area contributed by atoms with E-state index in [1.54, 1.807) is 24.4 Å². The van der Waals surface area contributed by atoms with Crippen molar-refractivity contribution in [2.75, 3.05) is 11.9 Å². The maximum absolute atomic E-state index is 14.8. The number of hydrogen-bond donors (Lipinski definition) is 2. The van der Waals surface area contributed by atoms with Crippen molar-refractivity contribution >= 4 is 23.3 Å². The third-order valence-corrected chi connectivity index (χ3v) is 10.1. The molecule has 3 atom stereocenters. The molecular weight excluding hydrogens is 539 g/mol. The number of aromatic nitrogens is 1. The van der Waals surface area contributed by atoms with Gasteiger partial charge in [0.05, 0.1) is 12.3 Å². The normalized spacial score (nSPS) is 27.6. The van der Waals surface area contributed by atoms with Gasteiger partial charge in [0.2, 0.25) is 0 Å². The number of nitrogens with zero attached hydrogens (tertiary/aromatic N) is 1. The number of hydrogen-bond acceptors (Lipinski definition) is 4. The predicted octanol–water partition coefficient (Wildman–Crippen LogP) is 8.11. The second-order valence-electron chi connectivity index (χ2n) is 12.4. The minimum Gasteiger partial charge on any atom is -0.493 e. The maximum atomic E-state index is 14.8. The van der Waals surface area contributed by atoms with E-state index in [1.165, 1.54) is 11.1 Å². The number of ether oxygens (including phenoxy) is 1. The van der Waals surface area contributed by atoms with E-state index in [2.05, 4.69) is 41.5 Å². The molecule has 1 aromatic heterocycles. The summed E-state index contributed by atoms with van der Waals surface area (Å²) < 4.78 is 21.0. The molecule has 1 spiro atoms. The minimum atomic E-state index is -1.03.